The highest BCUT2D eigenvalue weighted by Crippen LogP contribution is 2.32. The monoisotopic (exact) mass is 555 g/mol. The quantitative estimate of drug-likeness (QED) is 0.323. The van der Waals surface area contributed by atoms with Gasteiger partial charge in [-0.3, -0.25) is 10.1 Å². The van der Waals surface area contributed by atoms with Crippen molar-refractivity contribution >= 4 is 40.8 Å². The number of hydrogen-bond donors (Lipinski definition) is 3. The number of nitrogens with one attached hydrogen (secondary N) is 3. The maximum atomic E-state index is 12.8. The van der Waals surface area contributed by atoms with Gasteiger partial charge in [-0.1, -0.05) is 6.07 Å². The molecule has 0 radical (unpaired) electrons. The zero-order valence-electron chi connectivity index (χ0n) is 22.6. The predicted molar refractivity (Wildman–Crippen MR) is 152 cm³/mol. The zero-order valence-corrected chi connectivity index (χ0v) is 22.6. The minimum Gasteiger partial charge on any atom is -0.432 e. The molecule has 0 saturated carbocycles. The number of amides is 3. The molecular weight excluding hydrogens is 526 g/mol. The second-order valence-electron chi connectivity index (χ2n) is 9.66. The molecule has 0 aliphatic carbocycles. The Morgan fingerprint density at radius 2 is 1.88 bits per heavy atom. The Labute approximate surface area is 235 Å². The second-order valence-corrected chi connectivity index (χ2v) is 9.66. The molecule has 13 heteroatoms. The molecule has 2 aliphatic rings. The summed E-state index contributed by atoms with van der Waals surface area (Å²) in [7, 11) is 0. The Hall–Kier alpha value is -5.17. The van der Waals surface area contributed by atoms with E-state index in [2.05, 4.69) is 35.8 Å². The van der Waals surface area contributed by atoms with Crippen LogP contribution in [0.3, 0.4) is 0 Å². The van der Waals surface area contributed by atoms with Crippen LogP contribution in [-0.2, 0) is 11.4 Å². The molecule has 0 bridgehead atoms. The Kier molecular flexibility index (Phi) is 7.08. The number of ether oxygens (including phenoxy) is 1. The van der Waals surface area contributed by atoms with E-state index < -0.39 is 6.03 Å². The lowest BCUT2D eigenvalue weighted by Crippen LogP contribution is -2.40. The van der Waals surface area contributed by atoms with Crippen molar-refractivity contribution in [2.75, 3.05) is 47.2 Å². The Bertz CT molecular complexity index is 1600. The molecule has 0 unspecified atom stereocenters. The molecule has 2 aliphatic heterocycles. The number of aryl methyl sites for hydroxylation is 1. The lowest BCUT2D eigenvalue weighted by molar-refractivity contribution is 0.0302. The van der Waals surface area contributed by atoms with Crippen molar-refractivity contribution in [2.45, 2.75) is 20.5 Å². The lowest BCUT2D eigenvalue weighted by atomic mass is 10.1. The topological polar surface area (TPSA) is 143 Å². The molecule has 3 amide bonds. The largest absolute Gasteiger partial charge is 0.432 e. The van der Waals surface area contributed by atoms with E-state index in [1.165, 1.54) is 6.26 Å². The molecule has 4 aromatic rings. The van der Waals surface area contributed by atoms with Crippen LogP contribution in [0.4, 0.5) is 28.0 Å². The molecule has 1 fully saturated rings. The summed E-state index contributed by atoms with van der Waals surface area (Å²) in [5.74, 6) is 1.28. The number of aromatic nitrogens is 4. The van der Waals surface area contributed by atoms with Crippen molar-refractivity contribution < 1.29 is 18.7 Å². The summed E-state index contributed by atoms with van der Waals surface area (Å²) < 4.78 is 12.6. The number of benzene rings is 1. The summed E-state index contributed by atoms with van der Waals surface area (Å²) in [5.41, 5.74) is 4.34. The molecule has 210 valence electrons. The number of carbonyl (C=O) groups excluding carboxylic acids is 2. The van der Waals surface area contributed by atoms with Gasteiger partial charge < -0.3 is 34.2 Å². The number of imidazole rings is 1. The van der Waals surface area contributed by atoms with E-state index in [9.17, 15) is 9.59 Å². The highest BCUT2D eigenvalue weighted by atomic mass is 16.5. The predicted octanol–water partition coefficient (Wildman–Crippen LogP) is 3.89. The minimum absolute atomic E-state index is 0.0564. The van der Waals surface area contributed by atoms with E-state index in [-0.39, 0.29) is 11.9 Å². The summed E-state index contributed by atoms with van der Waals surface area (Å²) in [4.78, 5) is 42.3. The van der Waals surface area contributed by atoms with Gasteiger partial charge in [-0.2, -0.15) is 4.98 Å². The number of urea groups is 1. The third-order valence-corrected chi connectivity index (χ3v) is 6.82. The third kappa shape index (κ3) is 5.61. The van der Waals surface area contributed by atoms with E-state index in [1.54, 1.807) is 36.4 Å². The van der Waals surface area contributed by atoms with Crippen LogP contribution >= 0.6 is 0 Å². The van der Waals surface area contributed by atoms with E-state index >= 15 is 0 Å². The average Bonchev–Trinajstić information content (AvgIpc) is 3.63. The fourth-order valence-electron chi connectivity index (χ4n) is 4.73. The number of morpholine rings is 1. The van der Waals surface area contributed by atoms with Gasteiger partial charge in [0.05, 0.1) is 30.2 Å². The van der Waals surface area contributed by atoms with Gasteiger partial charge >= 0.3 is 12.0 Å². The van der Waals surface area contributed by atoms with E-state index in [1.807, 2.05) is 42.1 Å². The third-order valence-electron chi connectivity index (χ3n) is 6.82. The number of pyridine rings is 1. The molecule has 6 rings (SSSR count). The maximum Gasteiger partial charge on any atom is 0.327 e. The molecule has 13 nitrogen and oxygen atoms in total. The number of anilines is 4. The van der Waals surface area contributed by atoms with Crippen LogP contribution in [0, 0.1) is 13.8 Å². The molecule has 1 saturated heterocycles. The molecule has 0 atom stereocenters. The van der Waals surface area contributed by atoms with Crippen molar-refractivity contribution in [1.29, 1.82) is 0 Å². The van der Waals surface area contributed by atoms with Crippen molar-refractivity contribution in [3.8, 4) is 0 Å². The SMILES string of the molecule is Cc1coc(NC(=O)Nc2cccc(N3C=C(Nc4ccc(C(=O)N5CCOCC5)cn4)c4nccn4C3)c2C)n1. The number of nitrogens with zero attached hydrogens (tertiary/aromatic N) is 6. The van der Waals surface area contributed by atoms with Crippen molar-refractivity contribution in [3.05, 3.63) is 84.0 Å². The lowest BCUT2D eigenvalue weighted by Gasteiger charge is -2.30. The molecule has 1 aromatic carbocycles. The van der Waals surface area contributed by atoms with Gasteiger partial charge in [0.25, 0.3) is 5.91 Å². The summed E-state index contributed by atoms with van der Waals surface area (Å²) in [5, 5.41) is 8.82. The van der Waals surface area contributed by atoms with Crippen LogP contribution < -0.4 is 20.9 Å². The summed E-state index contributed by atoms with van der Waals surface area (Å²) >= 11 is 0. The van der Waals surface area contributed by atoms with Gasteiger partial charge in [0.1, 0.15) is 18.7 Å². The van der Waals surface area contributed by atoms with Gasteiger partial charge in [0.2, 0.25) is 0 Å². The van der Waals surface area contributed by atoms with Crippen LogP contribution in [0.15, 0.2) is 65.8 Å². The van der Waals surface area contributed by atoms with Gasteiger partial charge in [-0.25, -0.2) is 14.8 Å². The number of rotatable bonds is 6. The number of hydrogen-bond acceptors (Lipinski definition) is 9. The van der Waals surface area contributed by atoms with Crippen molar-refractivity contribution in [3.63, 3.8) is 0 Å². The Balaban J connectivity index is 1.20. The first kappa shape index (κ1) is 26.1. The Morgan fingerprint density at radius 3 is 2.63 bits per heavy atom. The van der Waals surface area contributed by atoms with Crippen LogP contribution in [0.5, 0.6) is 0 Å². The van der Waals surface area contributed by atoms with Crippen LogP contribution in [-0.4, -0.2) is 62.7 Å². The van der Waals surface area contributed by atoms with Crippen LogP contribution in [0.2, 0.25) is 0 Å². The molecular formula is C28H29N9O4. The zero-order chi connectivity index (χ0) is 28.3. The average molecular weight is 556 g/mol. The summed E-state index contributed by atoms with van der Waals surface area (Å²) in [6.45, 7) is 6.48. The molecule has 3 N–H and O–H groups in total. The molecule has 3 aromatic heterocycles. The van der Waals surface area contributed by atoms with E-state index in [4.69, 9.17) is 9.15 Å². The fourth-order valence-corrected chi connectivity index (χ4v) is 4.73. The highest BCUT2D eigenvalue weighted by Gasteiger charge is 2.23. The first-order chi connectivity index (χ1) is 19.9. The standard InChI is InChI=1S/C28H29N9O4/c1-18-16-41-28(31-18)34-27(39)33-21-4-3-5-23(19(21)2)37-15-22(25-29-8-9-36(25)17-37)32-24-7-6-20(14-30-24)26(38)35-10-12-40-13-11-35/h3-9,14-16H,10-13,17H2,1-2H3,(H,30,32)(H2,31,33,34,39). The van der Waals surface area contributed by atoms with Gasteiger partial charge in [0, 0.05) is 49.3 Å². The fraction of sp³-hybridized carbons (Fsp3) is 0.250. The number of oxazole rings is 1. The Morgan fingerprint density at radius 1 is 1.02 bits per heavy atom. The minimum atomic E-state index is -0.456. The van der Waals surface area contributed by atoms with Crippen molar-refractivity contribution in [2.24, 2.45) is 0 Å². The molecule has 5 heterocycles. The first-order valence-corrected chi connectivity index (χ1v) is 13.1. The summed E-state index contributed by atoms with van der Waals surface area (Å²) in [6, 6.07) is 8.91. The molecule has 0 spiro atoms. The van der Waals surface area contributed by atoms with Gasteiger partial charge in [0.15, 0.2) is 5.82 Å². The van der Waals surface area contributed by atoms with Gasteiger partial charge in [-0.15, -0.1) is 0 Å². The van der Waals surface area contributed by atoms with E-state index in [0.717, 1.165) is 22.8 Å². The highest BCUT2D eigenvalue weighted by molar-refractivity contribution is 5.99. The maximum absolute atomic E-state index is 12.8. The van der Waals surface area contributed by atoms with Gasteiger partial charge in [-0.05, 0) is 43.7 Å². The first-order valence-electron chi connectivity index (χ1n) is 13.1. The number of fused-ring (bicyclic) bond motifs is 1. The smallest absolute Gasteiger partial charge is 0.327 e. The number of carbonyl (C=O) groups is 2. The van der Waals surface area contributed by atoms with Crippen LogP contribution in [0.1, 0.15) is 27.4 Å². The molecule has 41 heavy (non-hydrogen) atoms. The van der Waals surface area contributed by atoms with Crippen molar-refractivity contribution in [1.82, 2.24) is 24.4 Å². The normalized spacial score (nSPS) is 14.7. The second kappa shape index (κ2) is 11.1. The van der Waals surface area contributed by atoms with Crippen LogP contribution in [0.25, 0.3) is 5.70 Å². The van der Waals surface area contributed by atoms with E-state index in [0.29, 0.717) is 55.7 Å². The summed E-state index contributed by atoms with van der Waals surface area (Å²) in [6.07, 6.45) is 8.65.